The van der Waals surface area contributed by atoms with Crippen LogP contribution in [0.3, 0.4) is 0 Å². The van der Waals surface area contributed by atoms with Crippen molar-refractivity contribution < 1.29 is 14.6 Å². The number of rotatable bonds is 3. The number of amides is 1. The van der Waals surface area contributed by atoms with Gasteiger partial charge in [-0.25, -0.2) is 0 Å². The molecule has 2 rings (SSSR count). The van der Waals surface area contributed by atoms with E-state index in [9.17, 15) is 9.90 Å². The lowest BCUT2D eigenvalue weighted by molar-refractivity contribution is -0.0734. The van der Waals surface area contributed by atoms with Gasteiger partial charge in [0.15, 0.2) is 0 Å². The average Bonchev–Trinajstić information content (AvgIpc) is 2.67. The van der Waals surface area contributed by atoms with Gasteiger partial charge in [-0.3, -0.25) is 4.79 Å². The van der Waals surface area contributed by atoms with Crippen LogP contribution in [0.4, 0.5) is 5.69 Å². The Kier molecular flexibility index (Phi) is 3.82. The minimum Gasteiger partial charge on any atom is -0.397 e. The standard InChI is InChI=1S/C13H21N3O3/c1-15-8-10(14)7-11(15)12(17)16(2)9-13(18)3-5-19-6-4-13/h7-8,18H,3-6,9,14H2,1-2H3. The summed E-state index contributed by atoms with van der Waals surface area (Å²) in [6.07, 6.45) is 2.81. The average molecular weight is 267 g/mol. The third kappa shape index (κ3) is 3.08. The summed E-state index contributed by atoms with van der Waals surface area (Å²) in [5.74, 6) is -0.140. The van der Waals surface area contributed by atoms with Gasteiger partial charge >= 0.3 is 0 Å². The molecule has 106 valence electrons. The maximum absolute atomic E-state index is 12.3. The molecule has 0 atom stereocenters. The summed E-state index contributed by atoms with van der Waals surface area (Å²) in [4.78, 5) is 13.8. The van der Waals surface area contributed by atoms with Crippen molar-refractivity contribution >= 4 is 11.6 Å². The number of ether oxygens (including phenoxy) is 1. The number of carbonyl (C=O) groups is 1. The van der Waals surface area contributed by atoms with Crippen molar-refractivity contribution in [2.45, 2.75) is 18.4 Å². The molecule has 6 nitrogen and oxygen atoms in total. The Balaban J connectivity index is 2.05. The first kappa shape index (κ1) is 13.9. The van der Waals surface area contributed by atoms with E-state index < -0.39 is 5.60 Å². The summed E-state index contributed by atoms with van der Waals surface area (Å²) in [6, 6.07) is 1.65. The second-order valence-corrected chi connectivity index (χ2v) is 5.27. The van der Waals surface area contributed by atoms with Crippen molar-refractivity contribution in [1.82, 2.24) is 9.47 Å². The van der Waals surface area contributed by atoms with Crippen molar-refractivity contribution in [3.8, 4) is 0 Å². The Morgan fingerprint density at radius 1 is 1.58 bits per heavy atom. The highest BCUT2D eigenvalue weighted by Gasteiger charge is 2.32. The topological polar surface area (TPSA) is 80.7 Å². The molecule has 0 aromatic carbocycles. The van der Waals surface area contributed by atoms with Gasteiger partial charge in [0.2, 0.25) is 0 Å². The minimum absolute atomic E-state index is 0.140. The lowest BCUT2D eigenvalue weighted by Crippen LogP contribution is -2.47. The Labute approximate surface area is 112 Å². The Morgan fingerprint density at radius 3 is 2.74 bits per heavy atom. The molecule has 0 unspecified atom stereocenters. The Bertz CT molecular complexity index is 464. The van der Waals surface area contributed by atoms with E-state index in [2.05, 4.69) is 0 Å². The fraction of sp³-hybridized carbons (Fsp3) is 0.615. The molecule has 1 amide bonds. The molecular formula is C13H21N3O3. The number of hydrogen-bond acceptors (Lipinski definition) is 4. The molecule has 1 aliphatic heterocycles. The number of nitrogen functional groups attached to an aromatic ring is 1. The SMILES string of the molecule is CN(CC1(O)CCOCC1)C(=O)c1cc(N)cn1C. The van der Waals surface area contributed by atoms with Crippen molar-refractivity contribution in [1.29, 1.82) is 0 Å². The molecule has 1 aliphatic rings. The third-order valence-electron chi connectivity index (χ3n) is 3.55. The highest BCUT2D eigenvalue weighted by Crippen LogP contribution is 2.22. The first-order chi connectivity index (χ1) is 8.91. The highest BCUT2D eigenvalue weighted by atomic mass is 16.5. The van der Waals surface area contributed by atoms with E-state index in [1.54, 1.807) is 35.8 Å². The molecular weight excluding hydrogens is 246 g/mol. The van der Waals surface area contributed by atoms with Gasteiger partial charge in [-0.05, 0) is 6.07 Å². The van der Waals surface area contributed by atoms with E-state index >= 15 is 0 Å². The smallest absolute Gasteiger partial charge is 0.270 e. The van der Waals surface area contributed by atoms with Gasteiger partial charge in [-0.15, -0.1) is 0 Å². The second kappa shape index (κ2) is 5.22. The highest BCUT2D eigenvalue weighted by molar-refractivity contribution is 5.93. The summed E-state index contributed by atoms with van der Waals surface area (Å²) < 4.78 is 6.93. The van der Waals surface area contributed by atoms with Crippen molar-refractivity contribution in [2.75, 3.05) is 32.5 Å². The first-order valence-corrected chi connectivity index (χ1v) is 6.39. The van der Waals surface area contributed by atoms with Crippen molar-refractivity contribution in [2.24, 2.45) is 7.05 Å². The lowest BCUT2D eigenvalue weighted by atomic mass is 9.94. The Hall–Kier alpha value is -1.53. The van der Waals surface area contributed by atoms with E-state index in [1.165, 1.54) is 0 Å². The maximum Gasteiger partial charge on any atom is 0.270 e. The normalized spacial score (nSPS) is 18.3. The zero-order valence-corrected chi connectivity index (χ0v) is 11.4. The number of nitrogens with zero attached hydrogens (tertiary/aromatic N) is 2. The lowest BCUT2D eigenvalue weighted by Gasteiger charge is -2.35. The number of anilines is 1. The predicted octanol–water partition coefficient (Wildman–Crippen LogP) is 0.221. The zero-order valence-electron chi connectivity index (χ0n) is 11.4. The fourth-order valence-corrected chi connectivity index (χ4v) is 2.42. The van der Waals surface area contributed by atoms with Crippen LogP contribution in [-0.4, -0.2) is 52.9 Å². The van der Waals surface area contributed by atoms with Gasteiger partial charge in [0.1, 0.15) is 5.69 Å². The second-order valence-electron chi connectivity index (χ2n) is 5.27. The number of hydrogen-bond donors (Lipinski definition) is 2. The van der Waals surface area contributed by atoms with Gasteiger partial charge in [-0.2, -0.15) is 0 Å². The quantitative estimate of drug-likeness (QED) is 0.821. The Morgan fingerprint density at radius 2 is 2.21 bits per heavy atom. The number of likely N-dealkylation sites (N-methyl/N-ethyl adjacent to an activating group) is 1. The number of carbonyl (C=O) groups excluding carboxylic acids is 1. The minimum atomic E-state index is -0.848. The molecule has 1 aromatic rings. The van der Waals surface area contributed by atoms with E-state index in [0.29, 0.717) is 44.0 Å². The zero-order chi connectivity index (χ0) is 14.0. The molecule has 0 aliphatic carbocycles. The summed E-state index contributed by atoms with van der Waals surface area (Å²) in [6.45, 7) is 1.38. The summed E-state index contributed by atoms with van der Waals surface area (Å²) in [7, 11) is 3.47. The predicted molar refractivity (Wildman–Crippen MR) is 71.8 cm³/mol. The molecule has 19 heavy (non-hydrogen) atoms. The summed E-state index contributed by atoms with van der Waals surface area (Å²) in [5, 5.41) is 10.4. The monoisotopic (exact) mass is 267 g/mol. The van der Waals surface area contributed by atoms with E-state index in [4.69, 9.17) is 10.5 Å². The third-order valence-corrected chi connectivity index (χ3v) is 3.55. The van der Waals surface area contributed by atoms with Gasteiger partial charge in [0.25, 0.3) is 5.91 Å². The van der Waals surface area contributed by atoms with Crippen LogP contribution >= 0.6 is 0 Å². The van der Waals surface area contributed by atoms with E-state index in [-0.39, 0.29) is 5.91 Å². The molecule has 0 spiro atoms. The molecule has 1 saturated heterocycles. The number of aromatic nitrogens is 1. The van der Waals surface area contributed by atoms with Crippen LogP contribution in [0.25, 0.3) is 0 Å². The van der Waals surface area contributed by atoms with Crippen LogP contribution in [0.2, 0.25) is 0 Å². The summed E-state index contributed by atoms with van der Waals surface area (Å²) >= 11 is 0. The molecule has 0 radical (unpaired) electrons. The number of aryl methyl sites for hydroxylation is 1. The molecule has 0 bridgehead atoms. The van der Waals surface area contributed by atoms with Gasteiger partial charge < -0.3 is 25.0 Å². The molecule has 3 N–H and O–H groups in total. The van der Waals surface area contributed by atoms with E-state index in [1.807, 2.05) is 0 Å². The van der Waals surface area contributed by atoms with Crippen LogP contribution in [0.15, 0.2) is 12.3 Å². The molecule has 2 heterocycles. The van der Waals surface area contributed by atoms with Crippen LogP contribution in [-0.2, 0) is 11.8 Å². The van der Waals surface area contributed by atoms with Crippen LogP contribution in [0, 0.1) is 0 Å². The fourth-order valence-electron chi connectivity index (χ4n) is 2.42. The largest absolute Gasteiger partial charge is 0.397 e. The van der Waals surface area contributed by atoms with Gasteiger partial charge in [-0.1, -0.05) is 0 Å². The summed E-state index contributed by atoms with van der Waals surface area (Å²) in [5.41, 5.74) is 5.91. The van der Waals surface area contributed by atoms with Crippen molar-refractivity contribution in [3.05, 3.63) is 18.0 Å². The molecule has 6 heteroatoms. The van der Waals surface area contributed by atoms with E-state index in [0.717, 1.165) is 0 Å². The molecule has 1 aromatic heterocycles. The number of nitrogens with two attached hydrogens (primary N) is 1. The first-order valence-electron chi connectivity index (χ1n) is 6.39. The molecule has 0 saturated carbocycles. The van der Waals surface area contributed by atoms with Crippen molar-refractivity contribution in [3.63, 3.8) is 0 Å². The van der Waals surface area contributed by atoms with Crippen LogP contribution in [0.1, 0.15) is 23.3 Å². The van der Waals surface area contributed by atoms with Crippen LogP contribution < -0.4 is 5.73 Å². The number of aliphatic hydroxyl groups is 1. The molecule has 1 fully saturated rings. The van der Waals surface area contributed by atoms with Crippen LogP contribution in [0.5, 0.6) is 0 Å². The maximum atomic E-state index is 12.3. The van der Waals surface area contributed by atoms with Gasteiger partial charge in [0.05, 0.1) is 11.3 Å². The van der Waals surface area contributed by atoms with Gasteiger partial charge in [0, 0.05) is 52.9 Å².